The van der Waals surface area contributed by atoms with Crippen LogP contribution in [-0.2, 0) is 11.2 Å². The van der Waals surface area contributed by atoms with Crippen molar-refractivity contribution in [1.82, 2.24) is 10.0 Å². The highest BCUT2D eigenvalue weighted by molar-refractivity contribution is 7.97. The Bertz CT molecular complexity index is 912. The summed E-state index contributed by atoms with van der Waals surface area (Å²) in [5.41, 5.74) is 1.11. The molecular weight excluding hydrogens is 469 g/mol. The first kappa shape index (κ1) is 28.0. The van der Waals surface area contributed by atoms with E-state index in [2.05, 4.69) is 14.8 Å². The lowest BCUT2D eigenvalue weighted by Crippen LogP contribution is -2.21. The molecular formula is C24H31F3N2O4S. The minimum atomic E-state index is -4.71. The van der Waals surface area contributed by atoms with E-state index in [1.54, 1.807) is 44.6 Å². The molecule has 1 unspecified atom stereocenters. The van der Waals surface area contributed by atoms with Crippen molar-refractivity contribution in [3.63, 3.8) is 0 Å². The number of hydrogen-bond acceptors (Lipinski definition) is 7. The van der Waals surface area contributed by atoms with Crippen LogP contribution in [-0.4, -0.2) is 45.7 Å². The zero-order chi connectivity index (χ0) is 25.0. The minimum Gasteiger partial charge on any atom is -0.496 e. The Morgan fingerprint density at radius 3 is 2.53 bits per heavy atom. The fourth-order valence-corrected chi connectivity index (χ4v) is 3.91. The van der Waals surface area contributed by atoms with Gasteiger partial charge in [0.2, 0.25) is 0 Å². The topological polar surface area (TPSA) is 68.8 Å². The summed E-state index contributed by atoms with van der Waals surface area (Å²) in [6.45, 7) is 3.05. The van der Waals surface area contributed by atoms with E-state index in [0.29, 0.717) is 49.2 Å². The molecule has 2 N–H and O–H groups in total. The van der Waals surface area contributed by atoms with E-state index in [4.69, 9.17) is 9.47 Å². The van der Waals surface area contributed by atoms with Crippen molar-refractivity contribution >= 4 is 17.7 Å². The van der Waals surface area contributed by atoms with Gasteiger partial charge in [-0.05, 0) is 81.1 Å². The number of para-hydroxylation sites is 1. The summed E-state index contributed by atoms with van der Waals surface area (Å²) >= 11 is 1.34. The number of hydrogen-bond donors (Lipinski definition) is 2. The van der Waals surface area contributed by atoms with Crippen LogP contribution in [0.3, 0.4) is 0 Å². The maximum atomic E-state index is 12.6. The molecule has 0 spiro atoms. The van der Waals surface area contributed by atoms with E-state index in [1.165, 1.54) is 24.1 Å². The molecule has 0 aliphatic carbocycles. The molecule has 1 atom stereocenters. The fourth-order valence-electron chi connectivity index (χ4n) is 3.09. The number of carbonyl (C=O) groups is 1. The van der Waals surface area contributed by atoms with Crippen molar-refractivity contribution in [3.8, 4) is 11.5 Å². The molecule has 0 saturated heterocycles. The SMILES string of the molecule is COc1ccc(C(=O)CCCCNCCc2ccccc2OC(F)(F)F)cc1SNC(C)OC. The largest absolute Gasteiger partial charge is 0.573 e. The van der Waals surface area contributed by atoms with Gasteiger partial charge in [-0.2, -0.15) is 0 Å². The van der Waals surface area contributed by atoms with E-state index in [1.807, 2.05) is 6.92 Å². The second kappa shape index (κ2) is 14.2. The average molecular weight is 501 g/mol. The number of alkyl halides is 3. The van der Waals surface area contributed by atoms with Crippen molar-refractivity contribution in [2.24, 2.45) is 0 Å². The zero-order valence-corrected chi connectivity index (χ0v) is 20.4. The molecule has 2 rings (SSSR count). The van der Waals surface area contributed by atoms with E-state index < -0.39 is 6.36 Å². The lowest BCUT2D eigenvalue weighted by Gasteiger charge is -2.14. The first-order valence-corrected chi connectivity index (χ1v) is 11.8. The highest BCUT2D eigenvalue weighted by Gasteiger charge is 2.31. The van der Waals surface area contributed by atoms with E-state index in [-0.39, 0.29) is 17.8 Å². The van der Waals surface area contributed by atoms with Crippen LogP contribution >= 0.6 is 11.9 Å². The highest BCUT2D eigenvalue weighted by Crippen LogP contribution is 2.29. The molecule has 10 heteroatoms. The number of rotatable bonds is 15. The molecule has 0 aromatic heterocycles. The number of halogens is 3. The van der Waals surface area contributed by atoms with Crippen molar-refractivity contribution in [1.29, 1.82) is 0 Å². The van der Waals surface area contributed by atoms with Gasteiger partial charge in [0, 0.05) is 19.1 Å². The summed E-state index contributed by atoms with van der Waals surface area (Å²) < 4.78 is 55.2. The molecule has 0 heterocycles. The van der Waals surface area contributed by atoms with Gasteiger partial charge in [0.05, 0.1) is 12.0 Å². The quantitative estimate of drug-likeness (QED) is 0.148. The van der Waals surface area contributed by atoms with Crippen LogP contribution in [0, 0.1) is 0 Å². The second-order valence-corrected chi connectivity index (χ2v) is 8.38. The van der Waals surface area contributed by atoms with Gasteiger partial charge in [-0.1, -0.05) is 18.2 Å². The summed E-state index contributed by atoms with van der Waals surface area (Å²) in [6, 6.07) is 11.5. The van der Waals surface area contributed by atoms with Gasteiger partial charge in [0.25, 0.3) is 0 Å². The van der Waals surface area contributed by atoms with Gasteiger partial charge in [-0.15, -0.1) is 13.2 Å². The molecule has 6 nitrogen and oxygen atoms in total. The lowest BCUT2D eigenvalue weighted by molar-refractivity contribution is -0.274. The van der Waals surface area contributed by atoms with E-state index in [9.17, 15) is 18.0 Å². The maximum absolute atomic E-state index is 12.6. The van der Waals surface area contributed by atoms with Crippen LogP contribution in [0.4, 0.5) is 13.2 Å². The van der Waals surface area contributed by atoms with Crippen molar-refractivity contribution in [2.75, 3.05) is 27.3 Å². The first-order valence-electron chi connectivity index (χ1n) is 10.9. The average Bonchev–Trinajstić information content (AvgIpc) is 2.81. The van der Waals surface area contributed by atoms with Gasteiger partial charge >= 0.3 is 6.36 Å². The number of ether oxygens (including phenoxy) is 3. The second-order valence-electron chi connectivity index (χ2n) is 7.50. The predicted molar refractivity (Wildman–Crippen MR) is 126 cm³/mol. The Balaban J connectivity index is 1.73. The number of ketones is 1. The van der Waals surface area contributed by atoms with Crippen molar-refractivity contribution in [3.05, 3.63) is 53.6 Å². The highest BCUT2D eigenvalue weighted by atomic mass is 32.2. The molecule has 0 saturated carbocycles. The maximum Gasteiger partial charge on any atom is 0.573 e. The zero-order valence-electron chi connectivity index (χ0n) is 19.5. The summed E-state index contributed by atoms with van der Waals surface area (Å²) in [6.07, 6.45) is -2.58. The number of nitrogens with one attached hydrogen (secondary N) is 2. The fraction of sp³-hybridized carbons (Fsp3) is 0.458. The number of benzene rings is 2. The van der Waals surface area contributed by atoms with Crippen molar-refractivity contribution < 1.29 is 32.2 Å². The van der Waals surface area contributed by atoms with E-state index in [0.717, 1.165) is 11.3 Å². The van der Waals surface area contributed by atoms with Gasteiger partial charge in [-0.25, -0.2) is 4.72 Å². The Morgan fingerprint density at radius 2 is 1.82 bits per heavy atom. The molecule has 34 heavy (non-hydrogen) atoms. The Morgan fingerprint density at radius 1 is 1.06 bits per heavy atom. The Labute approximate surface area is 202 Å². The standard InChI is InChI=1S/C24H31F3N2O4S/c1-17(31-2)29-34-23-16-19(11-12-22(23)32-3)20(30)9-6-7-14-28-15-13-18-8-4-5-10-21(18)33-24(25,26)27/h4-5,8,10-12,16-17,28-29H,6-7,9,13-15H2,1-3H3. The molecule has 0 aliphatic heterocycles. The van der Waals surface area contributed by atoms with Gasteiger partial charge < -0.3 is 19.5 Å². The number of Topliss-reactive ketones (excluding diaryl/α,β-unsaturated/α-hetero) is 1. The van der Waals surface area contributed by atoms with Crippen molar-refractivity contribution in [2.45, 2.75) is 50.1 Å². The van der Waals surface area contributed by atoms with E-state index >= 15 is 0 Å². The monoisotopic (exact) mass is 500 g/mol. The first-order chi connectivity index (χ1) is 16.2. The molecule has 0 bridgehead atoms. The molecule has 0 fully saturated rings. The third-order valence-electron chi connectivity index (χ3n) is 4.95. The van der Waals surface area contributed by atoms with Crippen LogP contribution in [0.2, 0.25) is 0 Å². The Hall–Kier alpha value is -2.27. The predicted octanol–water partition coefficient (Wildman–Crippen LogP) is 5.37. The van der Waals surface area contributed by atoms with Crippen LogP contribution < -0.4 is 19.5 Å². The molecule has 0 aliphatic rings. The summed E-state index contributed by atoms with van der Waals surface area (Å²) in [7, 11) is 3.18. The van der Waals surface area contributed by atoms with Crippen LogP contribution in [0.25, 0.3) is 0 Å². The smallest absolute Gasteiger partial charge is 0.496 e. The van der Waals surface area contributed by atoms with Crippen LogP contribution in [0.15, 0.2) is 47.4 Å². The number of methoxy groups -OCH3 is 2. The van der Waals surface area contributed by atoms with Gasteiger partial charge in [0.1, 0.15) is 17.7 Å². The lowest BCUT2D eigenvalue weighted by atomic mass is 10.1. The number of unbranched alkanes of at least 4 members (excludes halogenated alkanes) is 1. The summed E-state index contributed by atoms with van der Waals surface area (Å²) in [4.78, 5) is 13.4. The van der Waals surface area contributed by atoms with Crippen LogP contribution in [0.1, 0.15) is 42.1 Å². The van der Waals surface area contributed by atoms with Crippen LogP contribution in [0.5, 0.6) is 11.5 Å². The number of carbonyl (C=O) groups excluding carboxylic acids is 1. The molecule has 188 valence electrons. The van der Waals surface area contributed by atoms with Gasteiger partial charge in [0.15, 0.2) is 5.78 Å². The molecule has 2 aromatic rings. The van der Waals surface area contributed by atoms with Gasteiger partial charge in [-0.3, -0.25) is 4.79 Å². The molecule has 0 amide bonds. The summed E-state index contributed by atoms with van der Waals surface area (Å²) in [5.74, 6) is 0.539. The molecule has 2 aromatic carbocycles. The Kier molecular flexibility index (Phi) is 11.7. The normalized spacial score (nSPS) is 12.4. The third kappa shape index (κ3) is 9.92. The third-order valence-corrected chi connectivity index (χ3v) is 5.94. The molecule has 0 radical (unpaired) electrons. The minimum absolute atomic E-state index is 0.0440. The summed E-state index contributed by atoms with van der Waals surface area (Å²) in [5, 5.41) is 3.21.